The van der Waals surface area contributed by atoms with E-state index in [-0.39, 0.29) is 5.91 Å². The van der Waals surface area contributed by atoms with Crippen LogP contribution in [0.4, 0.5) is 8.78 Å². The van der Waals surface area contributed by atoms with E-state index >= 15 is 0 Å². The summed E-state index contributed by atoms with van der Waals surface area (Å²) in [6.45, 7) is 6.55. The molecule has 0 radical (unpaired) electrons. The van der Waals surface area contributed by atoms with E-state index < -0.39 is 28.7 Å². The van der Waals surface area contributed by atoms with Gasteiger partial charge >= 0.3 is 0 Å². The maximum atomic E-state index is 13.7. The van der Waals surface area contributed by atoms with Crippen molar-refractivity contribution in [2.45, 2.75) is 58.1 Å². The third-order valence-electron chi connectivity index (χ3n) is 5.91. The van der Waals surface area contributed by atoms with Crippen LogP contribution in [0.15, 0.2) is 42.5 Å². The topological polar surface area (TPSA) is 58.6 Å². The predicted octanol–water partition coefficient (Wildman–Crippen LogP) is 4.64. The van der Waals surface area contributed by atoms with Gasteiger partial charge < -0.3 is 15.2 Å². The number of ether oxygens (including phenoxy) is 1. The molecule has 2 N–H and O–H groups in total. The van der Waals surface area contributed by atoms with Crippen LogP contribution in [0.2, 0.25) is 0 Å². The van der Waals surface area contributed by atoms with Gasteiger partial charge in [-0.1, -0.05) is 30.3 Å². The van der Waals surface area contributed by atoms with Crippen molar-refractivity contribution in [1.82, 2.24) is 5.32 Å². The molecule has 1 amide bonds. The Hall–Kier alpha value is -2.31. The Bertz CT molecular complexity index is 921. The molecule has 1 aliphatic heterocycles. The lowest BCUT2D eigenvalue weighted by atomic mass is 9.73. The number of rotatable bonds is 7. The first kappa shape index (κ1) is 23.4. The fraction of sp³-hybridized carbons (Fsp3) is 0.480. The van der Waals surface area contributed by atoms with Gasteiger partial charge in [0.15, 0.2) is 11.6 Å². The van der Waals surface area contributed by atoms with Crippen LogP contribution in [0, 0.1) is 17.0 Å². The molecule has 0 aliphatic carbocycles. The number of nitrogens with one attached hydrogen (secondary N) is 1. The van der Waals surface area contributed by atoms with Crippen molar-refractivity contribution in [1.29, 1.82) is 0 Å². The van der Waals surface area contributed by atoms with Gasteiger partial charge in [-0.2, -0.15) is 0 Å². The molecular weight excluding hydrogens is 400 g/mol. The molecule has 0 aromatic heterocycles. The van der Waals surface area contributed by atoms with E-state index in [2.05, 4.69) is 5.32 Å². The molecule has 1 fully saturated rings. The minimum Gasteiger partial charge on any atom is -0.393 e. The maximum Gasteiger partial charge on any atom is 0.227 e. The number of hydrogen-bond acceptors (Lipinski definition) is 3. The third-order valence-corrected chi connectivity index (χ3v) is 5.91. The highest BCUT2D eigenvalue weighted by Gasteiger charge is 2.42. The van der Waals surface area contributed by atoms with Crippen LogP contribution in [0.3, 0.4) is 0 Å². The molecule has 31 heavy (non-hydrogen) atoms. The highest BCUT2D eigenvalue weighted by molar-refractivity contribution is 5.84. The Morgan fingerprint density at radius 2 is 1.81 bits per heavy atom. The van der Waals surface area contributed by atoms with Crippen molar-refractivity contribution >= 4 is 5.91 Å². The largest absolute Gasteiger partial charge is 0.393 e. The van der Waals surface area contributed by atoms with E-state index in [0.29, 0.717) is 44.5 Å². The third kappa shape index (κ3) is 5.89. The number of carbonyl (C=O) groups excluding carboxylic acids is 1. The molecule has 0 unspecified atom stereocenters. The molecule has 6 heteroatoms. The standard InChI is InChI=1S/C25H31F2NO3/c1-17(29)15-24(2,3)28-23(30)25(9-11-31-12-10-25)16-18-5-4-6-19(13-18)20-7-8-21(26)22(27)14-20/h4-8,13-14,17,29H,9-12,15-16H2,1-3H3,(H,28,30)/t17-/m1/s1. The number of aliphatic hydroxyl groups excluding tert-OH is 1. The SMILES string of the molecule is C[C@@H](O)CC(C)(C)NC(=O)C1(Cc2cccc(-c3ccc(F)c(F)c3)c2)CCOCC1. The molecule has 0 bridgehead atoms. The first-order chi connectivity index (χ1) is 14.6. The molecule has 1 atom stereocenters. The van der Waals surface area contributed by atoms with Crippen molar-refractivity contribution in [3.8, 4) is 11.1 Å². The lowest BCUT2D eigenvalue weighted by Crippen LogP contribution is -2.54. The minimum atomic E-state index is -0.886. The summed E-state index contributed by atoms with van der Waals surface area (Å²) in [7, 11) is 0. The maximum absolute atomic E-state index is 13.7. The molecular formula is C25H31F2NO3. The van der Waals surface area contributed by atoms with Crippen LogP contribution in [0.1, 0.15) is 45.6 Å². The van der Waals surface area contributed by atoms with Crippen LogP contribution >= 0.6 is 0 Å². The van der Waals surface area contributed by atoms with Crippen molar-refractivity contribution in [3.05, 3.63) is 59.7 Å². The van der Waals surface area contributed by atoms with Gasteiger partial charge in [0.25, 0.3) is 0 Å². The molecule has 168 valence electrons. The summed E-state index contributed by atoms with van der Waals surface area (Å²) in [6.07, 6.45) is 1.65. The number of benzene rings is 2. The molecule has 1 saturated heterocycles. The second kappa shape index (κ2) is 9.45. The molecule has 2 aromatic rings. The Kier molecular flexibility index (Phi) is 7.12. The number of amides is 1. The van der Waals surface area contributed by atoms with Crippen molar-refractivity contribution in [2.75, 3.05) is 13.2 Å². The number of hydrogen-bond donors (Lipinski definition) is 2. The van der Waals surface area contributed by atoms with Gasteiger partial charge in [-0.05, 0) is 75.3 Å². The summed E-state index contributed by atoms with van der Waals surface area (Å²) in [6, 6.07) is 11.5. The Labute approximate surface area is 182 Å². The molecule has 4 nitrogen and oxygen atoms in total. The van der Waals surface area contributed by atoms with E-state index in [4.69, 9.17) is 4.74 Å². The lowest BCUT2D eigenvalue weighted by molar-refractivity contribution is -0.138. The normalized spacial score (nSPS) is 17.2. The zero-order valence-electron chi connectivity index (χ0n) is 18.4. The highest BCUT2D eigenvalue weighted by Crippen LogP contribution is 2.36. The van der Waals surface area contributed by atoms with Gasteiger partial charge in [-0.25, -0.2) is 8.78 Å². The fourth-order valence-corrected chi connectivity index (χ4v) is 4.40. The van der Waals surface area contributed by atoms with Crippen LogP contribution in [-0.2, 0) is 16.0 Å². The van der Waals surface area contributed by atoms with Gasteiger partial charge in [0.1, 0.15) is 0 Å². The number of aliphatic hydroxyl groups is 1. The Morgan fingerprint density at radius 3 is 2.45 bits per heavy atom. The molecule has 2 aromatic carbocycles. The highest BCUT2D eigenvalue weighted by atomic mass is 19.2. The summed E-state index contributed by atoms with van der Waals surface area (Å²) < 4.78 is 32.5. The summed E-state index contributed by atoms with van der Waals surface area (Å²) >= 11 is 0. The van der Waals surface area contributed by atoms with Crippen molar-refractivity contribution < 1.29 is 23.4 Å². The van der Waals surface area contributed by atoms with E-state index in [9.17, 15) is 18.7 Å². The van der Waals surface area contributed by atoms with Crippen molar-refractivity contribution in [3.63, 3.8) is 0 Å². The van der Waals surface area contributed by atoms with Crippen molar-refractivity contribution in [2.24, 2.45) is 5.41 Å². The monoisotopic (exact) mass is 431 g/mol. The average molecular weight is 432 g/mol. The zero-order chi connectivity index (χ0) is 22.6. The van der Waals surface area contributed by atoms with Crippen LogP contribution in [0.25, 0.3) is 11.1 Å². The molecule has 3 rings (SSSR count). The first-order valence-corrected chi connectivity index (χ1v) is 10.7. The van der Waals surface area contributed by atoms with Crippen LogP contribution < -0.4 is 5.32 Å². The van der Waals surface area contributed by atoms with Gasteiger partial charge in [0.05, 0.1) is 11.5 Å². The second-order valence-corrected chi connectivity index (χ2v) is 9.29. The molecule has 0 saturated carbocycles. The summed E-state index contributed by atoms with van der Waals surface area (Å²) in [5.41, 5.74) is 1.15. The van der Waals surface area contributed by atoms with Gasteiger partial charge in [0, 0.05) is 18.8 Å². The number of carbonyl (C=O) groups is 1. The molecule has 0 spiro atoms. The summed E-state index contributed by atoms with van der Waals surface area (Å²) in [4.78, 5) is 13.4. The van der Waals surface area contributed by atoms with E-state index in [1.165, 1.54) is 6.07 Å². The second-order valence-electron chi connectivity index (χ2n) is 9.29. The Morgan fingerprint density at radius 1 is 1.13 bits per heavy atom. The predicted molar refractivity (Wildman–Crippen MR) is 117 cm³/mol. The van der Waals surface area contributed by atoms with Gasteiger partial charge in [-0.15, -0.1) is 0 Å². The zero-order valence-corrected chi connectivity index (χ0v) is 18.4. The van der Waals surface area contributed by atoms with E-state index in [1.54, 1.807) is 13.0 Å². The summed E-state index contributed by atoms with van der Waals surface area (Å²) in [5, 5.41) is 12.9. The average Bonchev–Trinajstić information content (AvgIpc) is 2.69. The molecule has 1 aliphatic rings. The first-order valence-electron chi connectivity index (χ1n) is 10.7. The quantitative estimate of drug-likeness (QED) is 0.672. The van der Waals surface area contributed by atoms with Gasteiger partial charge in [0.2, 0.25) is 5.91 Å². The Balaban J connectivity index is 1.85. The minimum absolute atomic E-state index is 0.0420. The smallest absolute Gasteiger partial charge is 0.227 e. The lowest BCUT2D eigenvalue weighted by Gasteiger charge is -2.39. The fourth-order valence-electron chi connectivity index (χ4n) is 4.40. The van der Waals surface area contributed by atoms with E-state index in [1.807, 2.05) is 38.1 Å². The molecule has 1 heterocycles. The summed E-state index contributed by atoms with van der Waals surface area (Å²) in [5.74, 6) is -1.80. The number of halogens is 2. The van der Waals surface area contributed by atoms with Crippen LogP contribution in [0.5, 0.6) is 0 Å². The van der Waals surface area contributed by atoms with Crippen LogP contribution in [-0.4, -0.2) is 35.9 Å². The van der Waals surface area contributed by atoms with Gasteiger partial charge in [-0.3, -0.25) is 4.79 Å². The van der Waals surface area contributed by atoms with E-state index in [0.717, 1.165) is 17.2 Å².